The Labute approximate surface area is 135 Å². The average Bonchev–Trinajstić information content (AvgIpc) is 3.04. The van der Waals surface area contributed by atoms with Crippen LogP contribution < -0.4 is 11.1 Å². The molecule has 9 nitrogen and oxygen atoms in total. The number of amides is 1. The molecule has 3 N–H and O–H groups in total. The Morgan fingerprint density at radius 1 is 1.39 bits per heavy atom. The van der Waals surface area contributed by atoms with Gasteiger partial charge in [0, 0.05) is 12.7 Å². The maximum absolute atomic E-state index is 12.1. The van der Waals surface area contributed by atoms with E-state index in [1.165, 1.54) is 0 Å². The number of rotatable bonds is 7. The lowest BCUT2D eigenvalue weighted by Crippen LogP contribution is -2.32. The minimum absolute atomic E-state index is 0.104. The minimum Gasteiger partial charge on any atom is -0.353 e. The largest absolute Gasteiger partial charge is 0.353 e. The highest BCUT2D eigenvalue weighted by atomic mass is 16.2. The summed E-state index contributed by atoms with van der Waals surface area (Å²) in [5.74, 6) is 1.33. The molecule has 0 saturated carbocycles. The van der Waals surface area contributed by atoms with Crippen LogP contribution in [0, 0.1) is 19.8 Å². The zero-order chi connectivity index (χ0) is 17.0. The first-order valence-corrected chi connectivity index (χ1v) is 7.67. The highest BCUT2D eigenvalue weighted by Gasteiger charge is 2.19. The van der Waals surface area contributed by atoms with Crippen LogP contribution in [0.2, 0.25) is 0 Å². The van der Waals surface area contributed by atoms with Crippen molar-refractivity contribution in [3.63, 3.8) is 0 Å². The Morgan fingerprint density at radius 2 is 2.13 bits per heavy atom. The average molecular weight is 320 g/mol. The number of aryl methyl sites for hydroxylation is 2. The molecule has 0 fully saturated rings. The van der Waals surface area contributed by atoms with E-state index in [2.05, 4.69) is 25.7 Å². The zero-order valence-electron chi connectivity index (χ0n) is 14.0. The second-order valence-corrected chi connectivity index (χ2v) is 5.92. The van der Waals surface area contributed by atoms with Crippen molar-refractivity contribution < 1.29 is 4.79 Å². The van der Waals surface area contributed by atoms with Crippen LogP contribution in [0.1, 0.15) is 37.2 Å². The van der Waals surface area contributed by atoms with E-state index in [1.54, 1.807) is 16.3 Å². The molecule has 0 aromatic carbocycles. The molecule has 0 aliphatic rings. The van der Waals surface area contributed by atoms with Crippen LogP contribution in [0.15, 0.2) is 6.20 Å². The lowest BCUT2D eigenvalue weighted by atomic mass is 10.1. The van der Waals surface area contributed by atoms with E-state index >= 15 is 0 Å². The molecule has 0 bridgehead atoms. The van der Waals surface area contributed by atoms with Crippen LogP contribution >= 0.6 is 0 Å². The molecule has 0 radical (unpaired) electrons. The first kappa shape index (κ1) is 17.1. The summed E-state index contributed by atoms with van der Waals surface area (Å²) in [5.41, 5.74) is 6.98. The molecule has 0 aliphatic carbocycles. The smallest absolute Gasteiger partial charge is 0.241 e. The van der Waals surface area contributed by atoms with Crippen molar-refractivity contribution in [3.05, 3.63) is 23.5 Å². The molecule has 23 heavy (non-hydrogen) atoms. The van der Waals surface area contributed by atoms with Crippen LogP contribution in [-0.2, 0) is 17.9 Å². The predicted octanol–water partition coefficient (Wildman–Crippen LogP) is -0.0414. The van der Waals surface area contributed by atoms with Gasteiger partial charge in [-0.2, -0.15) is 5.10 Å². The van der Waals surface area contributed by atoms with E-state index < -0.39 is 0 Å². The van der Waals surface area contributed by atoms with Crippen LogP contribution in [0.5, 0.6) is 0 Å². The lowest BCUT2D eigenvalue weighted by molar-refractivity contribution is -0.121. The summed E-state index contributed by atoms with van der Waals surface area (Å²) in [5, 5.41) is 14.9. The maximum Gasteiger partial charge on any atom is 0.241 e. The molecular weight excluding hydrogens is 296 g/mol. The Hall–Kier alpha value is -2.29. The van der Waals surface area contributed by atoms with Crippen molar-refractivity contribution in [1.29, 1.82) is 0 Å². The lowest BCUT2D eigenvalue weighted by Gasteiger charge is -2.15. The summed E-state index contributed by atoms with van der Waals surface area (Å²) in [6.45, 7) is 8.83. The highest BCUT2D eigenvalue weighted by molar-refractivity contribution is 5.75. The number of hydrogen-bond donors (Lipinski definition) is 2. The summed E-state index contributed by atoms with van der Waals surface area (Å²) < 4.78 is 3.27. The molecule has 126 valence electrons. The Bertz CT molecular complexity index is 660. The van der Waals surface area contributed by atoms with E-state index in [-0.39, 0.29) is 24.4 Å². The third-order valence-corrected chi connectivity index (χ3v) is 3.43. The molecule has 2 aromatic rings. The molecule has 0 spiro atoms. The number of carbonyl (C=O) groups is 1. The Morgan fingerprint density at radius 3 is 2.74 bits per heavy atom. The van der Waals surface area contributed by atoms with Gasteiger partial charge in [-0.3, -0.25) is 9.48 Å². The predicted molar refractivity (Wildman–Crippen MR) is 84.3 cm³/mol. The van der Waals surface area contributed by atoms with Gasteiger partial charge in [-0.05, 0) is 19.8 Å². The summed E-state index contributed by atoms with van der Waals surface area (Å²) in [6, 6.07) is -0.248. The van der Waals surface area contributed by atoms with Crippen LogP contribution in [0.4, 0.5) is 0 Å². The van der Waals surface area contributed by atoms with Crippen LogP contribution in [0.25, 0.3) is 0 Å². The minimum atomic E-state index is -0.248. The normalized spacial score (nSPS) is 12.6. The third-order valence-electron chi connectivity index (χ3n) is 3.43. The Kier molecular flexibility index (Phi) is 5.43. The third kappa shape index (κ3) is 4.59. The van der Waals surface area contributed by atoms with Crippen molar-refractivity contribution in [2.45, 2.75) is 46.8 Å². The van der Waals surface area contributed by atoms with Gasteiger partial charge in [0.2, 0.25) is 5.91 Å². The van der Waals surface area contributed by atoms with Gasteiger partial charge >= 0.3 is 0 Å². The molecule has 2 aromatic heterocycles. The SMILES string of the molecule is Cc1cn(CCNC(=O)Cn2nc(C)nc2[C@@H](N)C(C)C)nn1. The van der Waals surface area contributed by atoms with Gasteiger partial charge in [0.1, 0.15) is 18.2 Å². The number of nitrogens with two attached hydrogens (primary N) is 1. The zero-order valence-corrected chi connectivity index (χ0v) is 14.0. The summed E-state index contributed by atoms with van der Waals surface area (Å²) >= 11 is 0. The fourth-order valence-corrected chi connectivity index (χ4v) is 2.14. The second-order valence-electron chi connectivity index (χ2n) is 5.92. The molecule has 1 atom stereocenters. The Balaban J connectivity index is 1.90. The van der Waals surface area contributed by atoms with Crippen molar-refractivity contribution in [2.24, 2.45) is 11.7 Å². The van der Waals surface area contributed by atoms with Gasteiger partial charge in [0.25, 0.3) is 0 Å². The number of aromatic nitrogens is 6. The fourth-order valence-electron chi connectivity index (χ4n) is 2.14. The van der Waals surface area contributed by atoms with Crippen LogP contribution in [-0.4, -0.2) is 42.2 Å². The van der Waals surface area contributed by atoms with E-state index in [1.807, 2.05) is 27.0 Å². The van der Waals surface area contributed by atoms with Gasteiger partial charge in [-0.1, -0.05) is 19.1 Å². The van der Waals surface area contributed by atoms with Crippen molar-refractivity contribution in [2.75, 3.05) is 6.54 Å². The van der Waals surface area contributed by atoms with Crippen molar-refractivity contribution in [3.8, 4) is 0 Å². The van der Waals surface area contributed by atoms with Crippen LogP contribution in [0.3, 0.4) is 0 Å². The molecular formula is C14H24N8O. The number of hydrogen-bond acceptors (Lipinski definition) is 6. The molecule has 1 amide bonds. The fraction of sp³-hybridized carbons (Fsp3) is 0.643. The van der Waals surface area contributed by atoms with Gasteiger partial charge in [0.15, 0.2) is 0 Å². The maximum atomic E-state index is 12.1. The van der Waals surface area contributed by atoms with E-state index in [0.29, 0.717) is 24.7 Å². The molecule has 0 unspecified atom stereocenters. The molecule has 0 saturated heterocycles. The van der Waals surface area contributed by atoms with Crippen molar-refractivity contribution >= 4 is 5.91 Å². The van der Waals surface area contributed by atoms with Gasteiger partial charge in [0.05, 0.1) is 18.3 Å². The number of nitrogens with one attached hydrogen (secondary N) is 1. The first-order valence-electron chi connectivity index (χ1n) is 7.67. The monoisotopic (exact) mass is 320 g/mol. The van der Waals surface area contributed by atoms with E-state index in [0.717, 1.165) is 5.69 Å². The van der Waals surface area contributed by atoms with E-state index in [9.17, 15) is 4.79 Å². The van der Waals surface area contributed by atoms with Gasteiger partial charge in [-0.25, -0.2) is 9.67 Å². The van der Waals surface area contributed by atoms with Gasteiger partial charge < -0.3 is 11.1 Å². The quantitative estimate of drug-likeness (QED) is 0.739. The second kappa shape index (κ2) is 7.32. The number of nitrogens with zero attached hydrogens (tertiary/aromatic N) is 6. The topological polar surface area (TPSA) is 117 Å². The highest BCUT2D eigenvalue weighted by Crippen LogP contribution is 2.16. The summed E-state index contributed by atoms with van der Waals surface area (Å²) in [7, 11) is 0. The molecule has 2 rings (SSSR count). The molecule has 2 heterocycles. The van der Waals surface area contributed by atoms with Gasteiger partial charge in [-0.15, -0.1) is 5.10 Å². The van der Waals surface area contributed by atoms with Crippen molar-refractivity contribution in [1.82, 2.24) is 35.1 Å². The standard InChI is InChI=1S/C14H24N8O/c1-9(2)13(15)14-17-11(4)19-22(14)8-12(23)16-5-6-21-7-10(3)18-20-21/h7,9,13H,5-6,8,15H2,1-4H3,(H,16,23)/t13-/m0/s1. The molecule has 0 aliphatic heterocycles. The first-order chi connectivity index (χ1) is 10.9. The number of carbonyl (C=O) groups excluding carboxylic acids is 1. The van der Waals surface area contributed by atoms with E-state index in [4.69, 9.17) is 5.73 Å². The summed E-state index contributed by atoms with van der Waals surface area (Å²) in [6.07, 6.45) is 1.83. The summed E-state index contributed by atoms with van der Waals surface area (Å²) in [4.78, 5) is 16.4. The molecule has 9 heteroatoms.